The van der Waals surface area contributed by atoms with Gasteiger partial charge in [-0.25, -0.2) is 4.79 Å². The molecule has 0 saturated carbocycles. The number of carbonyl (C=O) groups excluding carboxylic acids is 1. The minimum atomic E-state index is -0.409. The van der Waals surface area contributed by atoms with E-state index in [9.17, 15) is 4.79 Å². The number of ether oxygens (including phenoxy) is 1. The van der Waals surface area contributed by atoms with Gasteiger partial charge in [-0.1, -0.05) is 61.9 Å². The van der Waals surface area contributed by atoms with Gasteiger partial charge in [0.1, 0.15) is 6.61 Å². The first-order chi connectivity index (χ1) is 12.2. The van der Waals surface area contributed by atoms with Crippen LogP contribution in [0.25, 0.3) is 11.1 Å². The van der Waals surface area contributed by atoms with E-state index in [0.717, 1.165) is 12.8 Å². The van der Waals surface area contributed by atoms with Crippen molar-refractivity contribution in [1.82, 2.24) is 5.32 Å². The zero-order valence-corrected chi connectivity index (χ0v) is 14.6. The maximum absolute atomic E-state index is 12.2. The first-order valence-electron chi connectivity index (χ1n) is 8.97. The lowest BCUT2D eigenvalue weighted by atomic mass is 9.98. The van der Waals surface area contributed by atoms with Crippen LogP contribution in [0.4, 0.5) is 4.79 Å². The Balaban J connectivity index is 1.68. The Kier molecular flexibility index (Phi) is 5.71. The summed E-state index contributed by atoms with van der Waals surface area (Å²) in [6.07, 6.45) is 1.94. The van der Waals surface area contributed by atoms with Crippen LogP contribution in [0.3, 0.4) is 0 Å². The van der Waals surface area contributed by atoms with Gasteiger partial charge in [-0.15, -0.1) is 0 Å². The van der Waals surface area contributed by atoms with Crippen LogP contribution in [-0.4, -0.2) is 30.5 Å². The van der Waals surface area contributed by atoms with Crippen molar-refractivity contribution in [1.29, 1.82) is 0 Å². The molecule has 2 aromatic rings. The van der Waals surface area contributed by atoms with E-state index >= 15 is 0 Å². The molecule has 1 aliphatic carbocycles. The first-order valence-corrected chi connectivity index (χ1v) is 8.97. The van der Waals surface area contributed by atoms with Gasteiger partial charge in [0.05, 0.1) is 0 Å². The molecule has 4 heteroatoms. The minimum absolute atomic E-state index is 0.0364. The number of benzene rings is 2. The Morgan fingerprint density at radius 2 is 1.68 bits per heavy atom. The van der Waals surface area contributed by atoms with Gasteiger partial charge in [0.25, 0.3) is 0 Å². The minimum Gasteiger partial charge on any atom is -0.449 e. The van der Waals surface area contributed by atoms with E-state index in [-0.39, 0.29) is 18.6 Å². The highest BCUT2D eigenvalue weighted by Crippen LogP contribution is 2.44. The number of carbonyl (C=O) groups is 1. The average Bonchev–Trinajstić information content (AvgIpc) is 2.94. The van der Waals surface area contributed by atoms with Crippen LogP contribution < -0.4 is 5.32 Å². The fraction of sp³-hybridized carbons (Fsp3) is 0.381. The average molecular weight is 339 g/mol. The summed E-state index contributed by atoms with van der Waals surface area (Å²) < 4.78 is 5.53. The fourth-order valence-corrected chi connectivity index (χ4v) is 3.60. The summed E-state index contributed by atoms with van der Waals surface area (Å²) in [4.78, 5) is 12.2. The van der Waals surface area contributed by atoms with Crippen molar-refractivity contribution >= 4 is 6.09 Å². The summed E-state index contributed by atoms with van der Waals surface area (Å²) in [5.74, 6) is 0.0700. The second-order valence-electron chi connectivity index (χ2n) is 6.47. The van der Waals surface area contributed by atoms with Crippen molar-refractivity contribution in [3.63, 3.8) is 0 Å². The number of fused-ring (bicyclic) bond motifs is 3. The number of hydrogen-bond acceptors (Lipinski definition) is 3. The van der Waals surface area contributed by atoms with Crippen molar-refractivity contribution in [2.24, 2.45) is 0 Å². The van der Waals surface area contributed by atoms with Crippen LogP contribution in [0.15, 0.2) is 48.5 Å². The van der Waals surface area contributed by atoms with Gasteiger partial charge in [-0.3, -0.25) is 0 Å². The molecule has 1 aliphatic rings. The third-order valence-corrected chi connectivity index (χ3v) is 4.78. The quantitative estimate of drug-likeness (QED) is 0.799. The Morgan fingerprint density at radius 3 is 2.24 bits per heavy atom. The lowest BCUT2D eigenvalue weighted by Gasteiger charge is -2.19. The maximum atomic E-state index is 12.2. The molecule has 3 rings (SSSR count). The summed E-state index contributed by atoms with van der Waals surface area (Å²) >= 11 is 0. The number of alkyl carbamates (subject to hydrolysis) is 1. The molecule has 0 spiro atoms. The Labute approximate surface area is 148 Å². The zero-order chi connectivity index (χ0) is 17.6. The standard InChI is InChI=1S/C21H25NO3/c1-2-7-15(12-13-23)22-21(24)25-14-20-18-10-5-3-8-16(18)17-9-4-6-11-19(17)20/h3-6,8-11,15,20,23H,2,7,12-14H2,1H3,(H,22,24)/t15-/m1/s1. The van der Waals surface area contributed by atoms with Crippen LogP contribution in [0.2, 0.25) is 0 Å². The van der Waals surface area contributed by atoms with Gasteiger partial charge in [-0.05, 0) is 35.1 Å². The summed E-state index contributed by atoms with van der Waals surface area (Å²) in [6.45, 7) is 2.44. The SMILES string of the molecule is CCC[C@H](CCO)NC(=O)OCC1c2ccccc2-c2ccccc21. The molecule has 0 heterocycles. The number of amides is 1. The van der Waals surface area contributed by atoms with Crippen LogP contribution in [0.5, 0.6) is 0 Å². The van der Waals surface area contributed by atoms with Crippen molar-refractivity contribution in [2.45, 2.75) is 38.1 Å². The lowest BCUT2D eigenvalue weighted by Crippen LogP contribution is -2.36. The molecule has 1 atom stereocenters. The summed E-state index contributed by atoms with van der Waals surface area (Å²) in [6, 6.07) is 16.5. The van der Waals surface area contributed by atoms with Gasteiger partial charge in [-0.2, -0.15) is 0 Å². The highest BCUT2D eigenvalue weighted by atomic mass is 16.5. The summed E-state index contributed by atoms with van der Waals surface area (Å²) in [5.41, 5.74) is 4.85. The van der Waals surface area contributed by atoms with Gasteiger partial charge in [0, 0.05) is 18.6 Å². The van der Waals surface area contributed by atoms with E-state index in [1.807, 2.05) is 24.3 Å². The van der Waals surface area contributed by atoms with Gasteiger partial charge >= 0.3 is 6.09 Å². The molecule has 1 amide bonds. The lowest BCUT2D eigenvalue weighted by molar-refractivity contribution is 0.136. The largest absolute Gasteiger partial charge is 0.449 e. The topological polar surface area (TPSA) is 58.6 Å². The molecule has 0 aliphatic heterocycles. The van der Waals surface area contributed by atoms with Crippen LogP contribution >= 0.6 is 0 Å². The summed E-state index contributed by atoms with van der Waals surface area (Å²) in [5, 5.41) is 12.0. The highest BCUT2D eigenvalue weighted by molar-refractivity contribution is 5.79. The molecule has 2 aromatic carbocycles. The van der Waals surface area contributed by atoms with E-state index < -0.39 is 6.09 Å². The Hall–Kier alpha value is -2.33. The zero-order valence-electron chi connectivity index (χ0n) is 14.6. The van der Waals surface area contributed by atoms with Crippen molar-refractivity contribution < 1.29 is 14.6 Å². The van der Waals surface area contributed by atoms with Crippen molar-refractivity contribution in [3.05, 3.63) is 59.7 Å². The van der Waals surface area contributed by atoms with Gasteiger partial charge in [0.2, 0.25) is 0 Å². The second-order valence-corrected chi connectivity index (χ2v) is 6.47. The van der Waals surface area contributed by atoms with E-state index in [2.05, 4.69) is 36.5 Å². The highest BCUT2D eigenvalue weighted by Gasteiger charge is 2.29. The van der Waals surface area contributed by atoms with E-state index in [1.54, 1.807) is 0 Å². The number of hydrogen-bond donors (Lipinski definition) is 2. The Morgan fingerprint density at radius 1 is 1.08 bits per heavy atom. The number of rotatable bonds is 7. The molecule has 0 fully saturated rings. The van der Waals surface area contributed by atoms with E-state index in [0.29, 0.717) is 13.0 Å². The molecule has 2 N–H and O–H groups in total. The Bertz CT molecular complexity index is 677. The maximum Gasteiger partial charge on any atom is 0.407 e. The monoisotopic (exact) mass is 339 g/mol. The molecular weight excluding hydrogens is 314 g/mol. The predicted molar refractivity (Wildman–Crippen MR) is 98.6 cm³/mol. The number of nitrogens with one attached hydrogen (secondary N) is 1. The normalized spacial score (nSPS) is 13.8. The first kappa shape index (κ1) is 17.5. The van der Waals surface area contributed by atoms with E-state index in [4.69, 9.17) is 9.84 Å². The van der Waals surface area contributed by atoms with E-state index in [1.165, 1.54) is 22.3 Å². The fourth-order valence-electron chi connectivity index (χ4n) is 3.60. The molecule has 0 aromatic heterocycles. The molecule has 4 nitrogen and oxygen atoms in total. The molecule has 132 valence electrons. The number of aliphatic hydroxyl groups is 1. The van der Waals surface area contributed by atoms with Crippen molar-refractivity contribution in [2.75, 3.05) is 13.2 Å². The summed E-state index contributed by atoms with van der Waals surface area (Å²) in [7, 11) is 0. The molecular formula is C21H25NO3. The number of aliphatic hydroxyl groups excluding tert-OH is 1. The predicted octanol–water partition coefficient (Wildman–Crippen LogP) is 4.08. The molecule has 0 saturated heterocycles. The van der Waals surface area contributed by atoms with Crippen LogP contribution in [-0.2, 0) is 4.74 Å². The molecule has 0 unspecified atom stereocenters. The third-order valence-electron chi connectivity index (χ3n) is 4.78. The molecule has 0 bridgehead atoms. The molecule has 25 heavy (non-hydrogen) atoms. The van der Waals surface area contributed by atoms with Crippen LogP contribution in [0, 0.1) is 0 Å². The second kappa shape index (κ2) is 8.17. The third kappa shape index (κ3) is 3.85. The van der Waals surface area contributed by atoms with Crippen molar-refractivity contribution in [3.8, 4) is 11.1 Å². The smallest absolute Gasteiger partial charge is 0.407 e. The molecule has 0 radical (unpaired) electrons. The van der Waals surface area contributed by atoms with Gasteiger partial charge < -0.3 is 15.2 Å². The van der Waals surface area contributed by atoms with Crippen LogP contribution in [0.1, 0.15) is 43.2 Å². The van der Waals surface area contributed by atoms with Gasteiger partial charge in [0.15, 0.2) is 0 Å².